The molecule has 29 heavy (non-hydrogen) atoms. The zero-order valence-electron chi connectivity index (χ0n) is 17.4. The lowest BCUT2D eigenvalue weighted by molar-refractivity contribution is -0.118. The van der Waals surface area contributed by atoms with E-state index in [0.717, 1.165) is 28.4 Å². The van der Waals surface area contributed by atoms with Crippen LogP contribution in [0.15, 0.2) is 59.7 Å². The monoisotopic (exact) mass is 405 g/mol. The molecule has 1 heterocycles. The van der Waals surface area contributed by atoms with Gasteiger partial charge in [0.15, 0.2) is 0 Å². The highest BCUT2D eigenvalue weighted by atomic mass is 32.2. The molecule has 4 nitrogen and oxygen atoms in total. The van der Waals surface area contributed by atoms with Crippen molar-refractivity contribution in [3.63, 3.8) is 0 Å². The number of aromatic nitrogens is 1. The first-order valence-electron chi connectivity index (χ1n) is 9.65. The Labute approximate surface area is 177 Å². The summed E-state index contributed by atoms with van der Waals surface area (Å²) < 4.78 is 2.20. The molecule has 1 N–H and O–H groups in total. The van der Waals surface area contributed by atoms with Crippen LogP contribution in [0.1, 0.15) is 33.6 Å². The molecule has 150 valence electrons. The summed E-state index contributed by atoms with van der Waals surface area (Å²) in [6, 6.07) is 18.9. The van der Waals surface area contributed by atoms with Crippen LogP contribution >= 0.6 is 11.8 Å². The van der Waals surface area contributed by atoms with Crippen molar-refractivity contribution in [2.75, 3.05) is 5.75 Å². The van der Waals surface area contributed by atoms with Gasteiger partial charge < -0.3 is 4.57 Å². The van der Waals surface area contributed by atoms with Crippen molar-refractivity contribution in [2.24, 2.45) is 5.10 Å². The summed E-state index contributed by atoms with van der Waals surface area (Å²) in [6.07, 6.45) is 1.72. The van der Waals surface area contributed by atoms with Crippen LogP contribution in [0.2, 0.25) is 0 Å². The quantitative estimate of drug-likeness (QED) is 0.439. The summed E-state index contributed by atoms with van der Waals surface area (Å²) >= 11 is 1.58. The van der Waals surface area contributed by atoms with Crippen LogP contribution in [0.3, 0.4) is 0 Å². The van der Waals surface area contributed by atoms with E-state index in [1.54, 1.807) is 18.0 Å². The van der Waals surface area contributed by atoms with Gasteiger partial charge in [0.1, 0.15) is 0 Å². The van der Waals surface area contributed by atoms with E-state index in [4.69, 9.17) is 0 Å². The highest BCUT2D eigenvalue weighted by Gasteiger charge is 2.09. The van der Waals surface area contributed by atoms with E-state index in [9.17, 15) is 4.79 Å². The number of carbonyl (C=O) groups is 1. The van der Waals surface area contributed by atoms with Crippen LogP contribution in [0.4, 0.5) is 0 Å². The molecule has 3 aromatic rings. The highest BCUT2D eigenvalue weighted by Crippen LogP contribution is 2.20. The largest absolute Gasteiger partial charge is 0.318 e. The van der Waals surface area contributed by atoms with Crippen molar-refractivity contribution in [1.29, 1.82) is 0 Å². The molecule has 0 aliphatic rings. The third-order valence-corrected chi connectivity index (χ3v) is 5.75. The fourth-order valence-corrected chi connectivity index (χ4v) is 4.01. The average molecular weight is 406 g/mol. The number of benzene rings is 2. The molecule has 0 spiro atoms. The van der Waals surface area contributed by atoms with E-state index in [-0.39, 0.29) is 5.91 Å². The molecule has 3 rings (SSSR count). The second-order valence-electron chi connectivity index (χ2n) is 7.27. The number of hydrogen-bond acceptors (Lipinski definition) is 3. The molecule has 0 aliphatic carbocycles. The number of hydrazone groups is 1. The first-order valence-corrected chi connectivity index (χ1v) is 10.8. The first kappa shape index (κ1) is 20.9. The molecule has 2 aromatic carbocycles. The second-order valence-corrected chi connectivity index (χ2v) is 8.26. The number of nitrogens with one attached hydrogen (secondary N) is 1. The molecule has 1 amide bonds. The van der Waals surface area contributed by atoms with Gasteiger partial charge in [-0.2, -0.15) is 5.10 Å². The van der Waals surface area contributed by atoms with Gasteiger partial charge in [0.2, 0.25) is 5.91 Å². The van der Waals surface area contributed by atoms with Crippen molar-refractivity contribution in [1.82, 2.24) is 9.99 Å². The lowest BCUT2D eigenvalue weighted by atomic mass is 10.2. The van der Waals surface area contributed by atoms with Gasteiger partial charge in [-0.15, -0.1) is 11.8 Å². The molecule has 0 unspecified atom stereocenters. The van der Waals surface area contributed by atoms with Gasteiger partial charge in [-0.25, -0.2) is 5.43 Å². The van der Waals surface area contributed by atoms with E-state index in [0.29, 0.717) is 5.75 Å². The number of rotatable bonds is 7. The maximum Gasteiger partial charge on any atom is 0.250 e. The predicted octanol–water partition coefficient (Wildman–Crippen LogP) is 5.09. The normalized spacial score (nSPS) is 11.2. The molecule has 0 bridgehead atoms. The van der Waals surface area contributed by atoms with E-state index in [1.165, 1.54) is 16.7 Å². The summed E-state index contributed by atoms with van der Waals surface area (Å²) in [5.74, 6) is 1.11. The summed E-state index contributed by atoms with van der Waals surface area (Å²) in [4.78, 5) is 12.0. The van der Waals surface area contributed by atoms with Crippen molar-refractivity contribution < 1.29 is 4.79 Å². The van der Waals surface area contributed by atoms with E-state index >= 15 is 0 Å². The minimum absolute atomic E-state index is 0.0918. The Bertz CT molecular complexity index is 1020. The number of carbonyl (C=O) groups excluding carboxylic acids is 1. The van der Waals surface area contributed by atoms with Gasteiger partial charge in [-0.3, -0.25) is 4.79 Å². The fraction of sp³-hybridized carbons (Fsp3) is 0.250. The maximum absolute atomic E-state index is 12.0. The number of aryl methyl sites for hydroxylation is 3. The van der Waals surface area contributed by atoms with Crippen molar-refractivity contribution in [2.45, 2.75) is 33.4 Å². The number of hydrogen-bond donors (Lipinski definition) is 1. The van der Waals surface area contributed by atoms with Crippen LogP contribution < -0.4 is 5.43 Å². The van der Waals surface area contributed by atoms with Crippen LogP contribution in [-0.4, -0.2) is 22.4 Å². The van der Waals surface area contributed by atoms with Gasteiger partial charge in [0, 0.05) is 28.4 Å². The molecule has 5 heteroatoms. The average Bonchev–Trinajstić information content (AvgIpc) is 2.97. The Hall–Kier alpha value is -2.79. The van der Waals surface area contributed by atoms with Gasteiger partial charge in [-0.1, -0.05) is 42.0 Å². The number of thioether (sulfide) groups is 1. The fourth-order valence-electron chi connectivity index (χ4n) is 3.23. The van der Waals surface area contributed by atoms with Crippen molar-refractivity contribution in [3.05, 3.63) is 88.2 Å². The standard InChI is InChI=1S/C24H27N3OS/c1-17-8-10-21(11-9-17)15-29-16-24(28)26-25-14-22-13-19(3)27(20(22)4)23-7-5-6-18(2)12-23/h5-14H,15-16H2,1-4H3,(H,26,28)/b25-14-. The summed E-state index contributed by atoms with van der Waals surface area (Å²) in [6.45, 7) is 8.30. The van der Waals surface area contributed by atoms with Crippen LogP contribution in [0.25, 0.3) is 5.69 Å². The molecule has 0 saturated carbocycles. The Kier molecular flexibility index (Phi) is 6.94. The van der Waals surface area contributed by atoms with Gasteiger partial charge in [-0.05, 0) is 57.0 Å². The third kappa shape index (κ3) is 5.61. The lowest BCUT2D eigenvalue weighted by Crippen LogP contribution is -2.19. The maximum atomic E-state index is 12.0. The summed E-state index contributed by atoms with van der Waals surface area (Å²) in [5, 5.41) is 4.15. The molecule has 0 saturated heterocycles. The Morgan fingerprint density at radius 1 is 1.03 bits per heavy atom. The molecule has 1 aromatic heterocycles. The van der Waals surface area contributed by atoms with E-state index < -0.39 is 0 Å². The lowest BCUT2D eigenvalue weighted by Gasteiger charge is -2.10. The zero-order chi connectivity index (χ0) is 20.8. The Morgan fingerprint density at radius 3 is 2.52 bits per heavy atom. The SMILES string of the molecule is Cc1ccc(CSCC(=O)N/N=C\c2cc(C)n(-c3cccc(C)c3)c2C)cc1. The Balaban J connectivity index is 1.55. The van der Waals surface area contributed by atoms with E-state index in [1.807, 2.05) is 0 Å². The number of nitrogens with zero attached hydrogens (tertiary/aromatic N) is 2. The minimum atomic E-state index is -0.0918. The summed E-state index contributed by atoms with van der Waals surface area (Å²) in [5.41, 5.74) is 10.7. The number of amides is 1. The van der Waals surface area contributed by atoms with Crippen LogP contribution in [-0.2, 0) is 10.5 Å². The predicted molar refractivity (Wildman–Crippen MR) is 123 cm³/mol. The van der Waals surface area contributed by atoms with Crippen molar-refractivity contribution >= 4 is 23.9 Å². The molecule has 0 aliphatic heterocycles. The molecular formula is C24H27N3OS. The van der Waals surface area contributed by atoms with Crippen LogP contribution in [0.5, 0.6) is 0 Å². The van der Waals surface area contributed by atoms with E-state index in [2.05, 4.69) is 97.4 Å². The second kappa shape index (κ2) is 9.61. The molecular weight excluding hydrogens is 378 g/mol. The summed E-state index contributed by atoms with van der Waals surface area (Å²) in [7, 11) is 0. The third-order valence-electron chi connectivity index (χ3n) is 4.75. The minimum Gasteiger partial charge on any atom is -0.318 e. The van der Waals surface area contributed by atoms with Gasteiger partial charge in [0.25, 0.3) is 0 Å². The van der Waals surface area contributed by atoms with Crippen molar-refractivity contribution in [3.8, 4) is 5.69 Å². The first-order chi connectivity index (χ1) is 13.9. The smallest absolute Gasteiger partial charge is 0.250 e. The van der Waals surface area contributed by atoms with Gasteiger partial charge in [0.05, 0.1) is 12.0 Å². The van der Waals surface area contributed by atoms with Crippen LogP contribution in [0, 0.1) is 27.7 Å². The highest BCUT2D eigenvalue weighted by molar-refractivity contribution is 7.99. The van der Waals surface area contributed by atoms with Gasteiger partial charge >= 0.3 is 0 Å². The Morgan fingerprint density at radius 2 is 1.79 bits per heavy atom. The topological polar surface area (TPSA) is 46.4 Å². The zero-order valence-corrected chi connectivity index (χ0v) is 18.2. The molecule has 0 atom stereocenters. The molecule has 0 fully saturated rings. The molecule has 0 radical (unpaired) electrons.